The summed E-state index contributed by atoms with van der Waals surface area (Å²) in [5, 5.41) is 0. The first-order valence-electron chi connectivity index (χ1n) is 10.5. The van der Waals surface area contributed by atoms with Gasteiger partial charge in [0.2, 0.25) is 0 Å². The van der Waals surface area contributed by atoms with Gasteiger partial charge in [0, 0.05) is 6.61 Å². The monoisotopic (exact) mass is 327 g/mol. The normalized spacial score (nSPS) is 12.9. The van der Waals surface area contributed by atoms with Gasteiger partial charge in [0.05, 0.1) is 6.10 Å². The van der Waals surface area contributed by atoms with Crippen LogP contribution in [0.4, 0.5) is 0 Å². The van der Waals surface area contributed by atoms with E-state index < -0.39 is 0 Å². The molecule has 0 aliphatic heterocycles. The summed E-state index contributed by atoms with van der Waals surface area (Å²) in [6.07, 6.45) is 19.6. The van der Waals surface area contributed by atoms with Crippen LogP contribution in [-0.4, -0.2) is 38.3 Å². The van der Waals surface area contributed by atoms with Crippen LogP contribution in [0.25, 0.3) is 0 Å². The molecule has 0 aliphatic rings. The van der Waals surface area contributed by atoms with E-state index in [-0.39, 0.29) is 0 Å². The summed E-state index contributed by atoms with van der Waals surface area (Å²) < 4.78 is 6.09. The van der Waals surface area contributed by atoms with Crippen LogP contribution in [0, 0.1) is 0 Å². The largest absolute Gasteiger partial charge is 0.378 e. The van der Waals surface area contributed by atoms with Crippen LogP contribution >= 0.6 is 0 Å². The second-order valence-electron chi connectivity index (χ2n) is 7.41. The third-order valence-corrected chi connectivity index (χ3v) is 4.59. The molecule has 0 amide bonds. The van der Waals surface area contributed by atoms with E-state index >= 15 is 0 Å². The molecule has 0 aromatic carbocycles. The second kappa shape index (κ2) is 18.3. The zero-order chi connectivity index (χ0) is 17.2. The molecule has 0 spiro atoms. The highest BCUT2D eigenvalue weighted by Gasteiger charge is 2.07. The number of ether oxygens (including phenoxy) is 1. The molecule has 2 nitrogen and oxygen atoms in total. The molecule has 1 atom stereocenters. The van der Waals surface area contributed by atoms with Crippen LogP contribution in [0.5, 0.6) is 0 Å². The van der Waals surface area contributed by atoms with E-state index in [9.17, 15) is 0 Å². The molecule has 1 unspecified atom stereocenters. The van der Waals surface area contributed by atoms with Crippen molar-refractivity contribution in [2.45, 2.75) is 110 Å². The molecular formula is C21H45NO. The average Bonchev–Trinajstić information content (AvgIpc) is 2.53. The summed E-state index contributed by atoms with van der Waals surface area (Å²) in [5.74, 6) is 0. The number of nitrogens with zero attached hydrogens (tertiary/aromatic N) is 1. The lowest BCUT2D eigenvalue weighted by molar-refractivity contribution is 0.0355. The number of hydrogen-bond acceptors (Lipinski definition) is 2. The highest BCUT2D eigenvalue weighted by molar-refractivity contribution is 4.59. The summed E-state index contributed by atoms with van der Waals surface area (Å²) in [5.41, 5.74) is 0. The van der Waals surface area contributed by atoms with Crippen LogP contribution in [0.15, 0.2) is 0 Å². The first-order chi connectivity index (χ1) is 11.2. The Bertz CT molecular complexity index is 218. The lowest BCUT2D eigenvalue weighted by Crippen LogP contribution is -2.18. The molecule has 0 bridgehead atoms. The SMILES string of the molecule is CCCCCCCCCCCCC(CCC)OCCCN(C)C. The molecule has 0 aromatic rings. The van der Waals surface area contributed by atoms with E-state index in [2.05, 4.69) is 32.8 Å². The predicted octanol–water partition coefficient (Wildman–Crippen LogP) is 6.43. The van der Waals surface area contributed by atoms with Crippen molar-refractivity contribution in [3.05, 3.63) is 0 Å². The summed E-state index contributed by atoms with van der Waals surface area (Å²) in [4.78, 5) is 2.24. The summed E-state index contributed by atoms with van der Waals surface area (Å²) >= 11 is 0. The highest BCUT2D eigenvalue weighted by Crippen LogP contribution is 2.15. The van der Waals surface area contributed by atoms with Crippen LogP contribution in [0.1, 0.15) is 104 Å². The third kappa shape index (κ3) is 18.1. The van der Waals surface area contributed by atoms with Gasteiger partial charge in [0.1, 0.15) is 0 Å². The summed E-state index contributed by atoms with van der Waals surface area (Å²) in [6, 6.07) is 0. The lowest BCUT2D eigenvalue weighted by atomic mass is 10.0. The maximum absolute atomic E-state index is 6.09. The smallest absolute Gasteiger partial charge is 0.0575 e. The maximum atomic E-state index is 6.09. The van der Waals surface area contributed by atoms with Crippen molar-refractivity contribution in [3.63, 3.8) is 0 Å². The molecule has 0 saturated carbocycles. The van der Waals surface area contributed by atoms with E-state index in [0.29, 0.717) is 6.10 Å². The Morgan fingerprint density at radius 1 is 0.652 bits per heavy atom. The van der Waals surface area contributed by atoms with Crippen molar-refractivity contribution in [2.24, 2.45) is 0 Å². The summed E-state index contributed by atoms with van der Waals surface area (Å²) in [7, 11) is 4.26. The molecule has 140 valence electrons. The van der Waals surface area contributed by atoms with Crippen LogP contribution in [0.2, 0.25) is 0 Å². The number of unbranched alkanes of at least 4 members (excludes halogenated alkanes) is 9. The minimum Gasteiger partial charge on any atom is -0.378 e. The minimum atomic E-state index is 0.510. The van der Waals surface area contributed by atoms with Crippen molar-refractivity contribution in [3.8, 4) is 0 Å². The van der Waals surface area contributed by atoms with E-state index in [1.165, 1.54) is 83.5 Å². The van der Waals surface area contributed by atoms with Gasteiger partial charge in [-0.25, -0.2) is 0 Å². The maximum Gasteiger partial charge on any atom is 0.0575 e. The average molecular weight is 328 g/mol. The minimum absolute atomic E-state index is 0.510. The van der Waals surface area contributed by atoms with E-state index in [1.54, 1.807) is 0 Å². The number of rotatable bonds is 18. The van der Waals surface area contributed by atoms with Gasteiger partial charge in [-0.1, -0.05) is 84.5 Å². The molecule has 0 aliphatic carbocycles. The first kappa shape index (κ1) is 22.9. The Morgan fingerprint density at radius 2 is 1.22 bits per heavy atom. The van der Waals surface area contributed by atoms with Gasteiger partial charge in [-0.2, -0.15) is 0 Å². The van der Waals surface area contributed by atoms with Gasteiger partial charge < -0.3 is 9.64 Å². The zero-order valence-corrected chi connectivity index (χ0v) is 16.7. The molecule has 0 N–H and O–H groups in total. The van der Waals surface area contributed by atoms with Crippen molar-refractivity contribution < 1.29 is 4.74 Å². The summed E-state index contributed by atoms with van der Waals surface area (Å²) in [6.45, 7) is 6.63. The standard InChI is InChI=1S/C21H45NO/c1-5-7-8-9-10-11-12-13-14-15-18-21(17-6-2)23-20-16-19-22(3)4/h21H,5-20H2,1-4H3. The van der Waals surface area contributed by atoms with E-state index in [4.69, 9.17) is 4.74 Å². The van der Waals surface area contributed by atoms with E-state index in [0.717, 1.165) is 19.6 Å². The molecule has 0 heterocycles. The van der Waals surface area contributed by atoms with Crippen molar-refractivity contribution in [1.82, 2.24) is 4.90 Å². The van der Waals surface area contributed by atoms with Crippen LogP contribution < -0.4 is 0 Å². The van der Waals surface area contributed by atoms with E-state index in [1.807, 2.05) is 0 Å². The number of hydrogen-bond donors (Lipinski definition) is 0. The quantitative estimate of drug-likeness (QED) is 0.269. The topological polar surface area (TPSA) is 12.5 Å². The Kier molecular flexibility index (Phi) is 18.2. The molecule has 0 radical (unpaired) electrons. The fraction of sp³-hybridized carbons (Fsp3) is 1.00. The first-order valence-corrected chi connectivity index (χ1v) is 10.5. The molecule has 23 heavy (non-hydrogen) atoms. The van der Waals surface area contributed by atoms with Gasteiger partial charge in [-0.15, -0.1) is 0 Å². The van der Waals surface area contributed by atoms with Gasteiger partial charge in [-0.05, 0) is 39.9 Å². The second-order valence-corrected chi connectivity index (χ2v) is 7.41. The molecule has 2 heteroatoms. The highest BCUT2D eigenvalue weighted by atomic mass is 16.5. The Hall–Kier alpha value is -0.0800. The van der Waals surface area contributed by atoms with Crippen molar-refractivity contribution in [2.75, 3.05) is 27.2 Å². The molecular weight excluding hydrogens is 282 g/mol. The van der Waals surface area contributed by atoms with Crippen LogP contribution in [0.3, 0.4) is 0 Å². The van der Waals surface area contributed by atoms with Gasteiger partial charge in [0.15, 0.2) is 0 Å². The lowest BCUT2D eigenvalue weighted by Gasteiger charge is -2.18. The molecule has 0 aromatic heterocycles. The fourth-order valence-electron chi connectivity index (χ4n) is 3.12. The Balaban J connectivity index is 3.42. The van der Waals surface area contributed by atoms with Gasteiger partial charge in [-0.3, -0.25) is 0 Å². The zero-order valence-electron chi connectivity index (χ0n) is 16.7. The predicted molar refractivity (Wildman–Crippen MR) is 104 cm³/mol. The van der Waals surface area contributed by atoms with Gasteiger partial charge >= 0.3 is 0 Å². The molecule has 0 saturated heterocycles. The third-order valence-electron chi connectivity index (χ3n) is 4.59. The fourth-order valence-corrected chi connectivity index (χ4v) is 3.12. The van der Waals surface area contributed by atoms with Gasteiger partial charge in [0.25, 0.3) is 0 Å². The Labute approximate surface area is 147 Å². The van der Waals surface area contributed by atoms with Crippen molar-refractivity contribution >= 4 is 0 Å². The van der Waals surface area contributed by atoms with Crippen molar-refractivity contribution in [1.29, 1.82) is 0 Å². The Morgan fingerprint density at radius 3 is 1.74 bits per heavy atom. The van der Waals surface area contributed by atoms with Crippen LogP contribution in [-0.2, 0) is 4.74 Å². The molecule has 0 rings (SSSR count). The molecule has 0 fully saturated rings.